The minimum atomic E-state index is -0.453. The van der Waals surface area contributed by atoms with E-state index in [9.17, 15) is 14.9 Å². The number of aryl methyl sites for hydroxylation is 2. The number of anilines is 2. The topological polar surface area (TPSA) is 97.6 Å². The molecule has 1 fully saturated rings. The number of hydrogen-bond donors (Lipinski definition) is 1. The molecule has 8 nitrogen and oxygen atoms in total. The number of benzene rings is 2. The molecule has 29 heavy (non-hydrogen) atoms. The molecule has 0 bridgehead atoms. The van der Waals surface area contributed by atoms with Crippen molar-refractivity contribution >= 4 is 44.0 Å². The predicted molar refractivity (Wildman–Crippen MR) is 113 cm³/mol. The van der Waals surface area contributed by atoms with Crippen LogP contribution in [0, 0.1) is 24.0 Å². The smallest absolute Gasteiger partial charge is 0.293 e. The number of morpholine rings is 1. The largest absolute Gasteiger partial charge is 0.378 e. The average molecular weight is 412 g/mol. The first-order valence-electron chi connectivity index (χ1n) is 9.22. The summed E-state index contributed by atoms with van der Waals surface area (Å²) in [6, 6.07) is 8.60. The first-order valence-corrected chi connectivity index (χ1v) is 10.0. The van der Waals surface area contributed by atoms with E-state index in [0.717, 1.165) is 21.3 Å². The molecule has 2 heterocycles. The van der Waals surface area contributed by atoms with Crippen LogP contribution in [0.25, 0.3) is 10.2 Å². The van der Waals surface area contributed by atoms with Crippen LogP contribution in [0.1, 0.15) is 21.5 Å². The van der Waals surface area contributed by atoms with Gasteiger partial charge in [-0.3, -0.25) is 20.2 Å². The van der Waals surface area contributed by atoms with Crippen molar-refractivity contribution in [2.24, 2.45) is 0 Å². The quantitative estimate of drug-likeness (QED) is 0.515. The predicted octanol–water partition coefficient (Wildman–Crippen LogP) is 3.91. The number of thiazole rings is 1. The van der Waals surface area contributed by atoms with Gasteiger partial charge in [-0.25, -0.2) is 4.98 Å². The van der Waals surface area contributed by atoms with E-state index in [2.05, 4.69) is 16.4 Å². The van der Waals surface area contributed by atoms with Gasteiger partial charge in [0.05, 0.1) is 28.4 Å². The molecular weight excluding hydrogens is 392 g/mol. The Morgan fingerprint density at radius 3 is 2.72 bits per heavy atom. The standard InChI is InChI=1S/C20H20N4O4S/c1-12-9-13(2)18-15(10-12)21-20(29-18)22-19(25)14-3-4-16(17(11-14)24(26)27)23-5-7-28-8-6-23/h3-4,9-11H,5-8H2,1-2H3,(H,21,22,25). The lowest BCUT2D eigenvalue weighted by Crippen LogP contribution is -2.36. The van der Waals surface area contributed by atoms with Gasteiger partial charge in [-0.2, -0.15) is 0 Å². The fraction of sp³-hybridized carbons (Fsp3) is 0.300. The molecule has 9 heteroatoms. The third kappa shape index (κ3) is 3.92. The lowest BCUT2D eigenvalue weighted by Gasteiger charge is -2.28. The Hall–Kier alpha value is -3.04. The molecular formula is C20H20N4O4S. The van der Waals surface area contributed by atoms with Crippen LogP contribution in [0.15, 0.2) is 30.3 Å². The molecule has 0 aliphatic carbocycles. The zero-order valence-electron chi connectivity index (χ0n) is 16.1. The summed E-state index contributed by atoms with van der Waals surface area (Å²) < 4.78 is 6.32. The van der Waals surface area contributed by atoms with Crippen LogP contribution in [0.5, 0.6) is 0 Å². The maximum absolute atomic E-state index is 12.7. The summed E-state index contributed by atoms with van der Waals surface area (Å²) in [5.41, 5.74) is 3.67. The number of hydrogen-bond acceptors (Lipinski definition) is 7. The normalized spacial score (nSPS) is 14.2. The number of carbonyl (C=O) groups is 1. The number of nitro groups is 1. The maximum Gasteiger partial charge on any atom is 0.293 e. The molecule has 1 aromatic heterocycles. The van der Waals surface area contributed by atoms with E-state index in [0.29, 0.717) is 37.1 Å². The molecule has 1 aliphatic heterocycles. The number of ether oxygens (including phenoxy) is 1. The molecule has 0 radical (unpaired) electrons. The van der Waals surface area contributed by atoms with Gasteiger partial charge in [-0.1, -0.05) is 17.4 Å². The summed E-state index contributed by atoms with van der Waals surface area (Å²) >= 11 is 1.39. The fourth-order valence-electron chi connectivity index (χ4n) is 3.48. The van der Waals surface area contributed by atoms with Gasteiger partial charge in [0, 0.05) is 24.7 Å². The number of rotatable bonds is 4. The van der Waals surface area contributed by atoms with E-state index in [1.54, 1.807) is 12.1 Å². The van der Waals surface area contributed by atoms with Crippen LogP contribution in [-0.2, 0) is 4.74 Å². The molecule has 150 valence electrons. The average Bonchev–Trinajstić information content (AvgIpc) is 3.10. The van der Waals surface area contributed by atoms with Crippen LogP contribution in [0.4, 0.5) is 16.5 Å². The molecule has 1 N–H and O–H groups in total. The Kier molecular flexibility index (Phi) is 5.16. The number of fused-ring (bicyclic) bond motifs is 1. The molecule has 4 rings (SSSR count). The number of nitrogens with one attached hydrogen (secondary N) is 1. The molecule has 1 aliphatic rings. The molecule has 0 saturated carbocycles. The van der Waals surface area contributed by atoms with E-state index in [4.69, 9.17) is 4.74 Å². The molecule has 0 atom stereocenters. The van der Waals surface area contributed by atoms with Crippen molar-refractivity contribution in [1.82, 2.24) is 4.98 Å². The summed E-state index contributed by atoms with van der Waals surface area (Å²) in [5, 5.41) is 14.8. The highest BCUT2D eigenvalue weighted by molar-refractivity contribution is 7.22. The van der Waals surface area contributed by atoms with Crippen molar-refractivity contribution in [3.05, 3.63) is 57.1 Å². The van der Waals surface area contributed by atoms with Crippen LogP contribution in [0.3, 0.4) is 0 Å². The number of aromatic nitrogens is 1. The summed E-state index contributed by atoms with van der Waals surface area (Å²) in [7, 11) is 0. The Morgan fingerprint density at radius 2 is 2.00 bits per heavy atom. The second-order valence-corrected chi connectivity index (χ2v) is 7.96. The zero-order chi connectivity index (χ0) is 20.5. The maximum atomic E-state index is 12.7. The Balaban J connectivity index is 1.61. The Labute approximate surface area is 171 Å². The van der Waals surface area contributed by atoms with Crippen molar-refractivity contribution in [2.75, 3.05) is 36.5 Å². The second-order valence-electron chi connectivity index (χ2n) is 6.96. The second kappa shape index (κ2) is 7.76. The van der Waals surface area contributed by atoms with Gasteiger partial charge in [0.15, 0.2) is 5.13 Å². The van der Waals surface area contributed by atoms with E-state index >= 15 is 0 Å². The number of carbonyl (C=O) groups excluding carboxylic acids is 1. The highest BCUT2D eigenvalue weighted by Crippen LogP contribution is 2.32. The first kappa shape index (κ1) is 19.3. The van der Waals surface area contributed by atoms with Gasteiger partial charge in [-0.05, 0) is 43.2 Å². The van der Waals surface area contributed by atoms with Gasteiger partial charge in [0.2, 0.25) is 0 Å². The summed E-state index contributed by atoms with van der Waals surface area (Å²) in [5.74, 6) is -0.421. The molecule has 3 aromatic rings. The van der Waals surface area contributed by atoms with Crippen LogP contribution < -0.4 is 10.2 Å². The van der Waals surface area contributed by atoms with E-state index in [-0.39, 0.29) is 11.3 Å². The van der Waals surface area contributed by atoms with E-state index < -0.39 is 10.8 Å². The van der Waals surface area contributed by atoms with Gasteiger partial charge in [0.25, 0.3) is 11.6 Å². The number of nitrogens with zero attached hydrogens (tertiary/aromatic N) is 3. The third-order valence-corrected chi connectivity index (χ3v) is 5.95. The van der Waals surface area contributed by atoms with Crippen molar-refractivity contribution in [1.29, 1.82) is 0 Å². The van der Waals surface area contributed by atoms with Gasteiger partial charge < -0.3 is 9.64 Å². The van der Waals surface area contributed by atoms with Gasteiger partial charge >= 0.3 is 0 Å². The first-order chi connectivity index (χ1) is 13.9. The minimum absolute atomic E-state index is 0.0877. The summed E-state index contributed by atoms with van der Waals surface area (Å²) in [6.07, 6.45) is 0. The van der Waals surface area contributed by atoms with Crippen molar-refractivity contribution < 1.29 is 14.5 Å². The monoisotopic (exact) mass is 412 g/mol. The Morgan fingerprint density at radius 1 is 1.24 bits per heavy atom. The van der Waals surface area contributed by atoms with Gasteiger partial charge in [-0.15, -0.1) is 0 Å². The fourth-order valence-corrected chi connectivity index (χ4v) is 4.39. The van der Waals surface area contributed by atoms with Crippen LogP contribution >= 0.6 is 11.3 Å². The third-order valence-electron chi connectivity index (χ3n) is 4.83. The molecule has 0 unspecified atom stereocenters. The summed E-state index contributed by atoms with van der Waals surface area (Å²) in [4.78, 5) is 30.2. The summed E-state index contributed by atoms with van der Waals surface area (Å²) in [6.45, 7) is 6.21. The van der Waals surface area contributed by atoms with Gasteiger partial charge in [0.1, 0.15) is 5.69 Å². The van der Waals surface area contributed by atoms with Crippen LogP contribution in [-0.4, -0.2) is 42.1 Å². The molecule has 0 spiro atoms. The molecule has 2 aromatic carbocycles. The minimum Gasteiger partial charge on any atom is -0.378 e. The van der Waals surface area contributed by atoms with Crippen molar-refractivity contribution in [3.63, 3.8) is 0 Å². The van der Waals surface area contributed by atoms with Crippen LogP contribution in [0.2, 0.25) is 0 Å². The zero-order valence-corrected chi connectivity index (χ0v) is 16.9. The lowest BCUT2D eigenvalue weighted by atomic mass is 10.1. The number of amides is 1. The Bertz CT molecular complexity index is 1110. The SMILES string of the molecule is Cc1cc(C)c2sc(NC(=O)c3ccc(N4CCOCC4)c([N+](=O)[O-])c3)nc2c1. The highest BCUT2D eigenvalue weighted by atomic mass is 32.1. The molecule has 1 amide bonds. The van der Waals surface area contributed by atoms with E-state index in [1.807, 2.05) is 24.8 Å². The highest BCUT2D eigenvalue weighted by Gasteiger charge is 2.23. The van der Waals surface area contributed by atoms with Crippen molar-refractivity contribution in [2.45, 2.75) is 13.8 Å². The van der Waals surface area contributed by atoms with E-state index in [1.165, 1.54) is 17.4 Å². The van der Waals surface area contributed by atoms with Crippen molar-refractivity contribution in [3.8, 4) is 0 Å². The number of nitro benzene ring substituents is 1. The molecule has 1 saturated heterocycles. The lowest BCUT2D eigenvalue weighted by molar-refractivity contribution is -0.384.